The van der Waals surface area contributed by atoms with Crippen molar-refractivity contribution in [1.82, 2.24) is 5.32 Å². The second-order valence-electron chi connectivity index (χ2n) is 3.40. The monoisotopic (exact) mass is 213 g/mol. The normalized spacial score (nSPS) is 15.0. The van der Waals surface area contributed by atoms with Crippen LogP contribution in [0.1, 0.15) is 31.2 Å². The summed E-state index contributed by atoms with van der Waals surface area (Å²) >= 11 is 1.68. The van der Waals surface area contributed by atoms with Gasteiger partial charge in [0.1, 0.15) is 0 Å². The summed E-state index contributed by atoms with van der Waals surface area (Å²) in [5.74, 6) is -0.761. The van der Waals surface area contributed by atoms with Crippen LogP contribution in [-0.4, -0.2) is 17.1 Å². The van der Waals surface area contributed by atoms with Crippen molar-refractivity contribution < 1.29 is 9.90 Å². The molecule has 1 heterocycles. The van der Waals surface area contributed by atoms with Crippen molar-refractivity contribution in [2.24, 2.45) is 0 Å². The molecule has 2 N–H and O–H groups in total. The topological polar surface area (TPSA) is 49.3 Å². The lowest BCUT2D eigenvalue weighted by molar-refractivity contribution is -0.137. The molecule has 0 fully saturated rings. The first-order valence-corrected chi connectivity index (χ1v) is 5.49. The van der Waals surface area contributed by atoms with Crippen molar-refractivity contribution in [2.75, 3.05) is 0 Å². The van der Waals surface area contributed by atoms with Gasteiger partial charge in [-0.15, -0.1) is 11.3 Å². The van der Waals surface area contributed by atoms with Crippen LogP contribution >= 0.6 is 11.3 Å². The van der Waals surface area contributed by atoms with Crippen molar-refractivity contribution in [3.05, 3.63) is 22.4 Å². The minimum Gasteiger partial charge on any atom is -0.481 e. The van der Waals surface area contributed by atoms with E-state index in [1.807, 2.05) is 25.3 Å². The van der Waals surface area contributed by atoms with Crippen LogP contribution in [0.2, 0.25) is 0 Å². The Hall–Kier alpha value is -0.870. The lowest BCUT2D eigenvalue weighted by atomic mass is 10.2. The summed E-state index contributed by atoms with van der Waals surface area (Å²) in [6, 6.07) is 4.28. The van der Waals surface area contributed by atoms with Crippen molar-refractivity contribution in [3.8, 4) is 0 Å². The molecule has 14 heavy (non-hydrogen) atoms. The molecule has 1 rings (SSSR count). The Morgan fingerprint density at radius 1 is 1.64 bits per heavy atom. The number of rotatable bonds is 5. The second kappa shape index (κ2) is 5.12. The highest BCUT2D eigenvalue weighted by Gasteiger charge is 2.12. The van der Waals surface area contributed by atoms with Gasteiger partial charge < -0.3 is 10.4 Å². The molecule has 0 aromatic carbocycles. The summed E-state index contributed by atoms with van der Waals surface area (Å²) in [6.07, 6.45) is 0.162. The third kappa shape index (κ3) is 3.47. The highest BCUT2D eigenvalue weighted by molar-refractivity contribution is 7.10. The summed E-state index contributed by atoms with van der Waals surface area (Å²) in [5, 5.41) is 13.9. The summed E-state index contributed by atoms with van der Waals surface area (Å²) in [7, 11) is 0. The minimum atomic E-state index is -0.761. The fraction of sp³-hybridized carbons (Fsp3) is 0.500. The average Bonchev–Trinajstić information content (AvgIpc) is 2.53. The molecule has 4 heteroatoms. The highest BCUT2D eigenvalue weighted by Crippen LogP contribution is 2.18. The number of aliphatic carboxylic acids is 1. The molecule has 0 amide bonds. The number of hydrogen-bond donors (Lipinski definition) is 2. The van der Waals surface area contributed by atoms with Gasteiger partial charge in [0.05, 0.1) is 6.42 Å². The number of hydrogen-bond acceptors (Lipinski definition) is 3. The van der Waals surface area contributed by atoms with E-state index >= 15 is 0 Å². The molecule has 3 nitrogen and oxygen atoms in total. The van der Waals surface area contributed by atoms with Gasteiger partial charge in [-0.3, -0.25) is 4.79 Å². The van der Waals surface area contributed by atoms with Crippen LogP contribution in [0.4, 0.5) is 0 Å². The van der Waals surface area contributed by atoms with Crippen molar-refractivity contribution in [2.45, 2.75) is 32.4 Å². The fourth-order valence-electron chi connectivity index (χ4n) is 1.37. The molecule has 1 aromatic rings. The van der Waals surface area contributed by atoms with Gasteiger partial charge in [-0.1, -0.05) is 6.07 Å². The van der Waals surface area contributed by atoms with Crippen LogP contribution in [0.15, 0.2) is 17.5 Å². The van der Waals surface area contributed by atoms with E-state index in [1.165, 1.54) is 4.88 Å². The zero-order valence-corrected chi connectivity index (χ0v) is 9.17. The zero-order valence-electron chi connectivity index (χ0n) is 8.36. The maximum absolute atomic E-state index is 10.4. The number of nitrogens with one attached hydrogen (secondary N) is 1. The van der Waals surface area contributed by atoms with Crippen molar-refractivity contribution in [3.63, 3.8) is 0 Å². The Kier molecular flexibility index (Phi) is 4.10. The third-order valence-corrected chi connectivity index (χ3v) is 3.04. The Labute approximate surface area is 87.8 Å². The Balaban J connectivity index is 2.41. The van der Waals surface area contributed by atoms with E-state index in [0.717, 1.165) is 0 Å². The zero-order chi connectivity index (χ0) is 10.6. The van der Waals surface area contributed by atoms with Crippen LogP contribution in [0, 0.1) is 0 Å². The smallest absolute Gasteiger partial charge is 0.304 e. The molecule has 2 atom stereocenters. The predicted octanol–water partition coefficient (Wildman–Crippen LogP) is 2.26. The molecule has 0 aliphatic carbocycles. The SMILES string of the molecule is CC(CC(=O)O)N[C@@H](C)c1cccs1. The van der Waals surface area contributed by atoms with E-state index in [4.69, 9.17) is 5.11 Å². The maximum Gasteiger partial charge on any atom is 0.304 e. The van der Waals surface area contributed by atoms with Crippen LogP contribution < -0.4 is 5.32 Å². The van der Waals surface area contributed by atoms with Crippen molar-refractivity contribution >= 4 is 17.3 Å². The quantitative estimate of drug-likeness (QED) is 0.788. The van der Waals surface area contributed by atoms with Gasteiger partial charge in [0.2, 0.25) is 0 Å². The van der Waals surface area contributed by atoms with E-state index < -0.39 is 5.97 Å². The first-order chi connectivity index (χ1) is 6.59. The van der Waals surface area contributed by atoms with Gasteiger partial charge in [-0.25, -0.2) is 0 Å². The van der Waals surface area contributed by atoms with E-state index in [0.29, 0.717) is 0 Å². The molecule has 1 aromatic heterocycles. The average molecular weight is 213 g/mol. The van der Waals surface area contributed by atoms with Gasteiger partial charge >= 0.3 is 5.97 Å². The first kappa shape index (κ1) is 11.2. The largest absolute Gasteiger partial charge is 0.481 e. The minimum absolute atomic E-state index is 0.00426. The van der Waals surface area contributed by atoms with Crippen LogP contribution in [0.3, 0.4) is 0 Å². The molecule has 1 unspecified atom stereocenters. The summed E-state index contributed by atoms with van der Waals surface area (Å²) in [5.41, 5.74) is 0. The van der Waals surface area contributed by atoms with Crippen LogP contribution in [-0.2, 0) is 4.79 Å². The van der Waals surface area contributed by atoms with E-state index in [-0.39, 0.29) is 18.5 Å². The molecule has 0 bridgehead atoms. The first-order valence-electron chi connectivity index (χ1n) is 4.61. The number of carboxylic acid groups (broad SMARTS) is 1. The molecule has 0 aliphatic heterocycles. The highest BCUT2D eigenvalue weighted by atomic mass is 32.1. The van der Waals surface area contributed by atoms with Gasteiger partial charge in [-0.05, 0) is 25.3 Å². The summed E-state index contributed by atoms with van der Waals surface area (Å²) in [6.45, 7) is 3.93. The van der Waals surface area contributed by atoms with Gasteiger partial charge in [0.15, 0.2) is 0 Å². The molecular formula is C10H15NO2S. The Morgan fingerprint density at radius 2 is 2.36 bits per heavy atom. The van der Waals surface area contributed by atoms with E-state index in [1.54, 1.807) is 11.3 Å². The van der Waals surface area contributed by atoms with Gasteiger partial charge in [0, 0.05) is 17.0 Å². The molecule has 0 saturated carbocycles. The number of carboxylic acids is 1. The Morgan fingerprint density at radius 3 is 2.86 bits per heavy atom. The molecule has 0 spiro atoms. The summed E-state index contributed by atoms with van der Waals surface area (Å²) in [4.78, 5) is 11.7. The molecule has 78 valence electrons. The number of carbonyl (C=O) groups is 1. The lowest BCUT2D eigenvalue weighted by Gasteiger charge is -2.17. The summed E-state index contributed by atoms with van der Waals surface area (Å²) < 4.78 is 0. The van der Waals surface area contributed by atoms with Gasteiger partial charge in [-0.2, -0.15) is 0 Å². The number of thiophene rings is 1. The van der Waals surface area contributed by atoms with Crippen molar-refractivity contribution in [1.29, 1.82) is 0 Å². The fourth-order valence-corrected chi connectivity index (χ4v) is 2.11. The third-order valence-electron chi connectivity index (χ3n) is 1.99. The predicted molar refractivity (Wildman–Crippen MR) is 57.6 cm³/mol. The second-order valence-corrected chi connectivity index (χ2v) is 4.38. The van der Waals surface area contributed by atoms with E-state index in [9.17, 15) is 4.79 Å². The maximum atomic E-state index is 10.4. The van der Waals surface area contributed by atoms with Crippen LogP contribution in [0.25, 0.3) is 0 Å². The molecular weight excluding hydrogens is 198 g/mol. The van der Waals surface area contributed by atoms with E-state index in [2.05, 4.69) is 11.4 Å². The lowest BCUT2D eigenvalue weighted by Crippen LogP contribution is -2.30. The van der Waals surface area contributed by atoms with Crippen LogP contribution in [0.5, 0.6) is 0 Å². The Bertz CT molecular complexity index is 284. The molecule has 0 saturated heterocycles. The standard InChI is InChI=1S/C10H15NO2S/c1-7(6-10(12)13)11-8(2)9-4-3-5-14-9/h3-5,7-8,11H,6H2,1-2H3,(H,12,13)/t7?,8-/m0/s1. The van der Waals surface area contributed by atoms with Gasteiger partial charge in [0.25, 0.3) is 0 Å². The molecule has 0 aliphatic rings. The molecule has 0 radical (unpaired) electrons.